The van der Waals surface area contributed by atoms with E-state index >= 15 is 0 Å². The number of amides is 1. The van der Waals surface area contributed by atoms with Crippen molar-refractivity contribution in [1.82, 2.24) is 4.90 Å². The van der Waals surface area contributed by atoms with E-state index in [2.05, 4.69) is 0 Å². The Labute approximate surface area is 112 Å². The van der Waals surface area contributed by atoms with Gasteiger partial charge >= 0.3 is 0 Å². The lowest BCUT2D eigenvalue weighted by Crippen LogP contribution is -2.53. The second-order valence-electron chi connectivity index (χ2n) is 5.53. The molecule has 2 rings (SSSR count). The number of hydrogen-bond acceptors (Lipinski definition) is 3. The van der Waals surface area contributed by atoms with Gasteiger partial charge in [-0.25, -0.2) is 0 Å². The summed E-state index contributed by atoms with van der Waals surface area (Å²) in [6.45, 7) is 6.55. The number of hydrogen-bond donors (Lipinski definition) is 0. The van der Waals surface area contributed by atoms with Crippen LogP contribution in [0.1, 0.15) is 37.1 Å². The van der Waals surface area contributed by atoms with Crippen molar-refractivity contribution in [2.45, 2.75) is 45.6 Å². The average molecular weight is 265 g/mol. The summed E-state index contributed by atoms with van der Waals surface area (Å²) < 4.78 is 0. The number of Topliss-reactive ketones (excluding diaryl/α,β-unsaturated/α-hetero) is 1. The topological polar surface area (TPSA) is 37.4 Å². The summed E-state index contributed by atoms with van der Waals surface area (Å²) in [4.78, 5) is 26.8. The molecule has 0 spiro atoms. The fourth-order valence-electron chi connectivity index (χ4n) is 2.49. The Morgan fingerprint density at radius 2 is 2.22 bits per heavy atom. The van der Waals surface area contributed by atoms with Gasteiger partial charge in [0.15, 0.2) is 0 Å². The van der Waals surface area contributed by atoms with Gasteiger partial charge in [0, 0.05) is 29.8 Å². The first-order valence-corrected chi connectivity index (χ1v) is 7.13. The van der Waals surface area contributed by atoms with Crippen LogP contribution in [0.15, 0.2) is 11.4 Å². The van der Waals surface area contributed by atoms with Crippen molar-refractivity contribution < 1.29 is 9.59 Å². The van der Waals surface area contributed by atoms with E-state index in [0.717, 1.165) is 4.88 Å². The fourth-order valence-corrected chi connectivity index (χ4v) is 3.38. The zero-order chi connectivity index (χ0) is 13.3. The Bertz CT molecular complexity index is 476. The first-order chi connectivity index (χ1) is 8.40. The summed E-state index contributed by atoms with van der Waals surface area (Å²) in [6.07, 6.45) is 1.43. The molecule has 0 radical (unpaired) electrons. The summed E-state index contributed by atoms with van der Waals surface area (Å²) in [5, 5.41) is 2.02. The molecule has 0 saturated carbocycles. The molecule has 3 nitrogen and oxygen atoms in total. The molecule has 0 aliphatic carbocycles. The summed E-state index contributed by atoms with van der Waals surface area (Å²) in [5.74, 6) is 0.398. The quantitative estimate of drug-likeness (QED) is 0.824. The zero-order valence-corrected chi connectivity index (χ0v) is 12.0. The number of aryl methyl sites for hydroxylation is 1. The van der Waals surface area contributed by atoms with Crippen LogP contribution in [0.2, 0.25) is 0 Å². The number of rotatable bonds is 2. The van der Waals surface area contributed by atoms with E-state index in [4.69, 9.17) is 0 Å². The van der Waals surface area contributed by atoms with Crippen molar-refractivity contribution in [2.24, 2.45) is 0 Å². The molecule has 1 aromatic heterocycles. The Morgan fingerprint density at radius 3 is 2.78 bits per heavy atom. The molecule has 1 amide bonds. The molecular formula is C14H19NO2S. The van der Waals surface area contributed by atoms with Crippen molar-refractivity contribution in [1.29, 1.82) is 0 Å². The van der Waals surface area contributed by atoms with Gasteiger partial charge in [-0.05, 0) is 37.8 Å². The Morgan fingerprint density at radius 1 is 1.50 bits per heavy atom. The monoisotopic (exact) mass is 265 g/mol. The third-order valence-corrected chi connectivity index (χ3v) is 4.58. The molecule has 1 aliphatic rings. The van der Waals surface area contributed by atoms with Crippen LogP contribution in [0.4, 0.5) is 0 Å². The molecule has 18 heavy (non-hydrogen) atoms. The highest BCUT2D eigenvalue weighted by Crippen LogP contribution is 2.27. The summed E-state index contributed by atoms with van der Waals surface area (Å²) >= 11 is 1.63. The highest BCUT2D eigenvalue weighted by atomic mass is 32.1. The highest BCUT2D eigenvalue weighted by Gasteiger charge is 2.36. The number of nitrogens with zero attached hydrogens (tertiary/aromatic N) is 1. The van der Waals surface area contributed by atoms with Crippen molar-refractivity contribution in [3.05, 3.63) is 21.9 Å². The lowest BCUT2D eigenvalue weighted by molar-refractivity contribution is -0.141. The van der Waals surface area contributed by atoms with E-state index in [-0.39, 0.29) is 17.2 Å². The highest BCUT2D eigenvalue weighted by molar-refractivity contribution is 7.10. The molecule has 1 fully saturated rings. The lowest BCUT2D eigenvalue weighted by atomic mass is 9.89. The summed E-state index contributed by atoms with van der Waals surface area (Å²) in [5.41, 5.74) is 0.844. The maximum Gasteiger partial charge on any atom is 0.228 e. The predicted octanol–water partition coefficient (Wildman–Crippen LogP) is 2.57. The zero-order valence-electron chi connectivity index (χ0n) is 11.2. The van der Waals surface area contributed by atoms with Crippen LogP contribution < -0.4 is 0 Å². The summed E-state index contributed by atoms with van der Waals surface area (Å²) in [7, 11) is 0. The summed E-state index contributed by atoms with van der Waals surface area (Å²) in [6, 6.07) is 2.04. The molecular weight excluding hydrogens is 246 g/mol. The van der Waals surface area contributed by atoms with Gasteiger partial charge in [0.05, 0.1) is 6.42 Å². The predicted molar refractivity (Wildman–Crippen MR) is 72.8 cm³/mol. The minimum absolute atomic E-state index is 0.137. The largest absolute Gasteiger partial charge is 0.336 e. The standard InChI is InChI=1S/C14H19NO2S/c1-10-5-7-18-12(10)8-13(17)15-6-4-11(16)9-14(15,2)3/h5,7H,4,6,8-9H2,1-3H3. The van der Waals surface area contributed by atoms with Gasteiger partial charge in [-0.3, -0.25) is 9.59 Å². The Hall–Kier alpha value is -1.16. The number of ketones is 1. The van der Waals surface area contributed by atoms with Crippen molar-refractivity contribution in [3.63, 3.8) is 0 Å². The van der Waals surface area contributed by atoms with Crippen LogP contribution in [-0.4, -0.2) is 28.7 Å². The lowest BCUT2D eigenvalue weighted by Gasteiger charge is -2.41. The molecule has 98 valence electrons. The van der Waals surface area contributed by atoms with Gasteiger partial charge in [-0.1, -0.05) is 0 Å². The minimum Gasteiger partial charge on any atom is -0.336 e. The van der Waals surface area contributed by atoms with Gasteiger partial charge in [0.2, 0.25) is 5.91 Å². The maximum absolute atomic E-state index is 12.4. The SMILES string of the molecule is Cc1ccsc1CC(=O)N1CCC(=O)CC1(C)C. The maximum atomic E-state index is 12.4. The second-order valence-corrected chi connectivity index (χ2v) is 6.53. The van der Waals surface area contributed by atoms with Crippen LogP contribution in [0.3, 0.4) is 0 Å². The third kappa shape index (κ3) is 2.64. The number of piperidine rings is 1. The van der Waals surface area contributed by atoms with E-state index in [0.29, 0.717) is 25.8 Å². The van der Waals surface area contributed by atoms with Crippen molar-refractivity contribution in [2.75, 3.05) is 6.54 Å². The average Bonchev–Trinajstić information content (AvgIpc) is 2.62. The van der Waals surface area contributed by atoms with Crippen LogP contribution in [0, 0.1) is 6.92 Å². The molecule has 0 N–H and O–H groups in total. The Kier molecular flexibility index (Phi) is 3.57. The van der Waals surface area contributed by atoms with E-state index < -0.39 is 0 Å². The molecule has 2 heterocycles. The normalized spacial score (nSPS) is 19.1. The fraction of sp³-hybridized carbons (Fsp3) is 0.571. The van der Waals surface area contributed by atoms with E-state index in [1.54, 1.807) is 11.3 Å². The van der Waals surface area contributed by atoms with Gasteiger partial charge in [-0.2, -0.15) is 0 Å². The molecule has 0 aromatic carbocycles. The van der Waals surface area contributed by atoms with E-state index in [1.807, 2.05) is 37.1 Å². The smallest absolute Gasteiger partial charge is 0.228 e. The van der Waals surface area contributed by atoms with Crippen LogP contribution in [0.25, 0.3) is 0 Å². The molecule has 0 bridgehead atoms. The molecule has 1 saturated heterocycles. The van der Waals surface area contributed by atoms with E-state index in [9.17, 15) is 9.59 Å². The van der Waals surface area contributed by atoms with Gasteiger partial charge in [-0.15, -0.1) is 11.3 Å². The minimum atomic E-state index is -0.336. The Balaban J connectivity index is 2.09. The first kappa shape index (κ1) is 13.3. The van der Waals surface area contributed by atoms with Crippen LogP contribution >= 0.6 is 11.3 Å². The second kappa shape index (κ2) is 4.84. The molecule has 0 unspecified atom stereocenters. The molecule has 1 aromatic rings. The van der Waals surface area contributed by atoms with Gasteiger partial charge < -0.3 is 4.90 Å². The molecule has 0 atom stereocenters. The number of carbonyl (C=O) groups is 2. The number of carbonyl (C=O) groups excluding carboxylic acids is 2. The number of thiophene rings is 1. The van der Waals surface area contributed by atoms with Crippen molar-refractivity contribution >= 4 is 23.0 Å². The molecule has 1 aliphatic heterocycles. The van der Waals surface area contributed by atoms with Gasteiger partial charge in [0.1, 0.15) is 5.78 Å². The van der Waals surface area contributed by atoms with Crippen molar-refractivity contribution in [3.8, 4) is 0 Å². The number of likely N-dealkylation sites (tertiary alicyclic amines) is 1. The first-order valence-electron chi connectivity index (χ1n) is 6.25. The third-order valence-electron chi connectivity index (χ3n) is 3.56. The van der Waals surface area contributed by atoms with Gasteiger partial charge in [0.25, 0.3) is 0 Å². The molecule has 4 heteroatoms. The van der Waals surface area contributed by atoms with Crippen LogP contribution in [0.5, 0.6) is 0 Å². The van der Waals surface area contributed by atoms with E-state index in [1.165, 1.54) is 5.56 Å². The van der Waals surface area contributed by atoms with Crippen LogP contribution in [-0.2, 0) is 16.0 Å².